The third-order valence-corrected chi connectivity index (χ3v) is 2.29. The number of hydrogen-bond donors (Lipinski definition) is 1. The molecule has 0 radical (unpaired) electrons. The molecule has 0 amide bonds. The Morgan fingerprint density at radius 3 is 2.44 bits per heavy atom. The fourth-order valence-electron chi connectivity index (χ4n) is 1.43. The number of hydrogen-bond acceptors (Lipinski definition) is 2. The summed E-state index contributed by atoms with van der Waals surface area (Å²) in [5, 5.41) is 9.71. The summed E-state index contributed by atoms with van der Waals surface area (Å²) in [6.07, 6.45) is 0.916. The van der Waals surface area contributed by atoms with E-state index in [0.29, 0.717) is 19.4 Å². The first kappa shape index (κ1) is 13.1. The van der Waals surface area contributed by atoms with E-state index in [9.17, 15) is 9.50 Å². The molecule has 16 heavy (non-hydrogen) atoms. The highest BCUT2D eigenvalue weighted by Crippen LogP contribution is 2.08. The van der Waals surface area contributed by atoms with Gasteiger partial charge in [-0.2, -0.15) is 0 Å². The summed E-state index contributed by atoms with van der Waals surface area (Å²) in [6.45, 7) is 4.48. The highest BCUT2D eigenvalue weighted by Gasteiger charge is 2.06. The monoisotopic (exact) mass is 226 g/mol. The first-order valence-electron chi connectivity index (χ1n) is 5.62. The molecule has 1 rings (SSSR count). The summed E-state index contributed by atoms with van der Waals surface area (Å²) in [5.74, 6) is -0.249. The van der Waals surface area contributed by atoms with E-state index >= 15 is 0 Å². The van der Waals surface area contributed by atoms with E-state index in [4.69, 9.17) is 4.74 Å². The molecule has 1 unspecified atom stereocenters. The van der Waals surface area contributed by atoms with Crippen molar-refractivity contribution in [1.82, 2.24) is 0 Å². The fourth-order valence-corrected chi connectivity index (χ4v) is 1.43. The Labute approximate surface area is 96.1 Å². The standard InChI is InChI=1S/C13H19FO2/c1-10(2)16-8-7-13(15)9-11-3-5-12(14)6-4-11/h3-6,10,13,15H,7-9H2,1-2H3. The van der Waals surface area contributed by atoms with Gasteiger partial charge in [-0.15, -0.1) is 0 Å². The minimum Gasteiger partial charge on any atom is -0.393 e. The van der Waals surface area contributed by atoms with Gasteiger partial charge in [0.15, 0.2) is 0 Å². The van der Waals surface area contributed by atoms with Gasteiger partial charge in [0.05, 0.1) is 12.2 Å². The molecule has 0 saturated carbocycles. The van der Waals surface area contributed by atoms with Crippen LogP contribution in [0, 0.1) is 5.82 Å². The molecule has 0 aliphatic carbocycles. The zero-order valence-electron chi connectivity index (χ0n) is 9.82. The SMILES string of the molecule is CC(C)OCCC(O)Cc1ccc(F)cc1. The first-order chi connectivity index (χ1) is 7.58. The van der Waals surface area contributed by atoms with E-state index in [-0.39, 0.29) is 11.9 Å². The number of rotatable bonds is 6. The van der Waals surface area contributed by atoms with Gasteiger partial charge in [-0.1, -0.05) is 12.1 Å². The van der Waals surface area contributed by atoms with Crippen LogP contribution in [0.2, 0.25) is 0 Å². The van der Waals surface area contributed by atoms with Gasteiger partial charge in [-0.05, 0) is 44.4 Å². The van der Waals surface area contributed by atoms with Gasteiger partial charge < -0.3 is 9.84 Å². The van der Waals surface area contributed by atoms with Crippen LogP contribution < -0.4 is 0 Å². The van der Waals surface area contributed by atoms with Crippen molar-refractivity contribution in [2.24, 2.45) is 0 Å². The van der Waals surface area contributed by atoms with Crippen LogP contribution in [0.5, 0.6) is 0 Å². The molecule has 1 atom stereocenters. The molecular weight excluding hydrogens is 207 g/mol. The van der Waals surface area contributed by atoms with Gasteiger partial charge >= 0.3 is 0 Å². The molecule has 0 aromatic heterocycles. The van der Waals surface area contributed by atoms with Crippen LogP contribution >= 0.6 is 0 Å². The van der Waals surface area contributed by atoms with E-state index in [0.717, 1.165) is 5.56 Å². The smallest absolute Gasteiger partial charge is 0.123 e. The normalized spacial score (nSPS) is 13.1. The van der Waals surface area contributed by atoms with Crippen molar-refractivity contribution < 1.29 is 14.2 Å². The Morgan fingerprint density at radius 2 is 1.88 bits per heavy atom. The molecule has 3 heteroatoms. The lowest BCUT2D eigenvalue weighted by atomic mass is 10.1. The van der Waals surface area contributed by atoms with E-state index in [1.54, 1.807) is 12.1 Å². The molecular formula is C13H19FO2. The molecule has 0 spiro atoms. The minimum atomic E-state index is -0.427. The third kappa shape index (κ3) is 5.24. The Kier molecular flexibility index (Phi) is 5.43. The van der Waals surface area contributed by atoms with Crippen LogP contribution in [0.3, 0.4) is 0 Å². The molecule has 1 aromatic rings. The molecule has 0 aliphatic heterocycles. The van der Waals surface area contributed by atoms with E-state index in [2.05, 4.69) is 0 Å². The van der Waals surface area contributed by atoms with E-state index in [1.807, 2.05) is 13.8 Å². The van der Waals surface area contributed by atoms with Gasteiger partial charge in [0.2, 0.25) is 0 Å². The average Bonchev–Trinajstić information content (AvgIpc) is 2.21. The zero-order chi connectivity index (χ0) is 12.0. The molecule has 90 valence electrons. The maximum absolute atomic E-state index is 12.6. The molecule has 2 nitrogen and oxygen atoms in total. The predicted octanol–water partition coefficient (Wildman–Crippen LogP) is 2.54. The average molecular weight is 226 g/mol. The number of halogens is 1. The van der Waals surface area contributed by atoms with Crippen LogP contribution in [0.25, 0.3) is 0 Å². The molecule has 0 saturated heterocycles. The maximum Gasteiger partial charge on any atom is 0.123 e. The highest BCUT2D eigenvalue weighted by molar-refractivity contribution is 5.16. The Balaban J connectivity index is 2.28. The van der Waals surface area contributed by atoms with Gasteiger partial charge in [0.25, 0.3) is 0 Å². The van der Waals surface area contributed by atoms with Crippen molar-refractivity contribution in [3.63, 3.8) is 0 Å². The lowest BCUT2D eigenvalue weighted by molar-refractivity contribution is 0.0470. The summed E-state index contributed by atoms with van der Waals surface area (Å²) in [6, 6.07) is 6.21. The van der Waals surface area contributed by atoms with Gasteiger partial charge in [-0.25, -0.2) is 4.39 Å². The summed E-state index contributed by atoms with van der Waals surface area (Å²) in [7, 11) is 0. The molecule has 0 heterocycles. The Bertz CT molecular complexity index is 295. The zero-order valence-corrected chi connectivity index (χ0v) is 9.82. The summed E-state index contributed by atoms with van der Waals surface area (Å²) < 4.78 is 18.0. The molecule has 1 aromatic carbocycles. The second-order valence-electron chi connectivity index (χ2n) is 4.19. The van der Waals surface area contributed by atoms with E-state index in [1.165, 1.54) is 12.1 Å². The van der Waals surface area contributed by atoms with Gasteiger partial charge in [-0.3, -0.25) is 0 Å². The first-order valence-corrected chi connectivity index (χ1v) is 5.62. The summed E-state index contributed by atoms with van der Waals surface area (Å²) >= 11 is 0. The Morgan fingerprint density at radius 1 is 1.25 bits per heavy atom. The number of benzene rings is 1. The Hall–Kier alpha value is -0.930. The van der Waals surface area contributed by atoms with Gasteiger partial charge in [0.1, 0.15) is 5.82 Å². The second-order valence-corrected chi connectivity index (χ2v) is 4.19. The summed E-state index contributed by atoms with van der Waals surface area (Å²) in [4.78, 5) is 0. The van der Waals surface area contributed by atoms with Crippen LogP contribution in [-0.4, -0.2) is 23.9 Å². The topological polar surface area (TPSA) is 29.5 Å². The minimum absolute atomic E-state index is 0.193. The van der Waals surface area contributed by atoms with Gasteiger partial charge in [0, 0.05) is 6.61 Å². The lowest BCUT2D eigenvalue weighted by Gasteiger charge is -2.12. The van der Waals surface area contributed by atoms with Crippen LogP contribution in [0.1, 0.15) is 25.8 Å². The molecule has 0 aliphatic rings. The van der Waals surface area contributed by atoms with Crippen molar-refractivity contribution >= 4 is 0 Å². The van der Waals surface area contributed by atoms with Crippen molar-refractivity contribution in [2.75, 3.05) is 6.61 Å². The highest BCUT2D eigenvalue weighted by atomic mass is 19.1. The molecule has 0 fully saturated rings. The molecule has 1 N–H and O–H groups in total. The van der Waals surface area contributed by atoms with Crippen LogP contribution in [0.4, 0.5) is 4.39 Å². The predicted molar refractivity (Wildman–Crippen MR) is 61.8 cm³/mol. The largest absolute Gasteiger partial charge is 0.393 e. The third-order valence-electron chi connectivity index (χ3n) is 2.29. The second kappa shape index (κ2) is 6.61. The van der Waals surface area contributed by atoms with E-state index < -0.39 is 6.10 Å². The van der Waals surface area contributed by atoms with Crippen molar-refractivity contribution in [2.45, 2.75) is 38.9 Å². The van der Waals surface area contributed by atoms with Crippen LogP contribution in [0.15, 0.2) is 24.3 Å². The number of ether oxygens (including phenoxy) is 1. The fraction of sp³-hybridized carbons (Fsp3) is 0.538. The maximum atomic E-state index is 12.6. The van der Waals surface area contributed by atoms with Crippen molar-refractivity contribution in [1.29, 1.82) is 0 Å². The van der Waals surface area contributed by atoms with Crippen LogP contribution in [-0.2, 0) is 11.2 Å². The lowest BCUT2D eigenvalue weighted by Crippen LogP contribution is -2.15. The van der Waals surface area contributed by atoms with Crippen molar-refractivity contribution in [3.8, 4) is 0 Å². The quantitative estimate of drug-likeness (QED) is 0.807. The molecule has 0 bridgehead atoms. The number of aliphatic hydroxyl groups excluding tert-OH is 1. The number of aliphatic hydroxyl groups is 1. The summed E-state index contributed by atoms with van der Waals surface area (Å²) in [5.41, 5.74) is 0.943. The van der Waals surface area contributed by atoms with Crippen molar-refractivity contribution in [3.05, 3.63) is 35.6 Å².